The normalized spacial score (nSPS) is 12.6. The SMILES string of the molecule is CC(C)(C)OC(=O)N[C@@H](Cc1cc(Cl)ccc1Br)C(=O)O. The van der Waals surface area contributed by atoms with Crippen LogP contribution < -0.4 is 5.32 Å². The van der Waals surface area contributed by atoms with Crippen LogP contribution in [0.1, 0.15) is 26.3 Å². The number of benzene rings is 1. The number of hydrogen-bond donors (Lipinski definition) is 2. The molecule has 0 aliphatic carbocycles. The van der Waals surface area contributed by atoms with Crippen molar-refractivity contribution in [2.75, 3.05) is 0 Å². The molecule has 1 amide bonds. The lowest BCUT2D eigenvalue weighted by Crippen LogP contribution is -2.44. The lowest BCUT2D eigenvalue weighted by Gasteiger charge is -2.22. The highest BCUT2D eigenvalue weighted by Crippen LogP contribution is 2.22. The first-order valence-corrected chi connectivity index (χ1v) is 7.42. The molecule has 0 heterocycles. The van der Waals surface area contributed by atoms with E-state index in [1.54, 1.807) is 39.0 Å². The highest BCUT2D eigenvalue weighted by molar-refractivity contribution is 9.10. The van der Waals surface area contributed by atoms with E-state index in [0.29, 0.717) is 10.6 Å². The molecule has 116 valence electrons. The summed E-state index contributed by atoms with van der Waals surface area (Å²) in [6, 6.07) is 3.96. The van der Waals surface area contributed by atoms with Crippen LogP contribution in [-0.4, -0.2) is 28.8 Å². The van der Waals surface area contributed by atoms with E-state index in [4.69, 9.17) is 16.3 Å². The highest BCUT2D eigenvalue weighted by atomic mass is 79.9. The van der Waals surface area contributed by atoms with E-state index in [9.17, 15) is 14.7 Å². The maximum absolute atomic E-state index is 11.7. The number of alkyl carbamates (subject to hydrolysis) is 1. The number of carbonyl (C=O) groups is 2. The van der Waals surface area contributed by atoms with Gasteiger partial charge in [-0.05, 0) is 44.5 Å². The van der Waals surface area contributed by atoms with Gasteiger partial charge < -0.3 is 15.2 Å². The topological polar surface area (TPSA) is 75.6 Å². The molecule has 0 aliphatic rings. The van der Waals surface area contributed by atoms with E-state index in [2.05, 4.69) is 21.2 Å². The number of hydrogen-bond acceptors (Lipinski definition) is 3. The Morgan fingerprint density at radius 2 is 2.05 bits per heavy atom. The number of carboxylic acids is 1. The zero-order chi connectivity index (χ0) is 16.2. The molecule has 0 radical (unpaired) electrons. The Morgan fingerprint density at radius 1 is 1.43 bits per heavy atom. The number of nitrogens with one attached hydrogen (secondary N) is 1. The Balaban J connectivity index is 2.81. The molecule has 21 heavy (non-hydrogen) atoms. The van der Waals surface area contributed by atoms with Crippen molar-refractivity contribution in [1.82, 2.24) is 5.32 Å². The Morgan fingerprint density at radius 3 is 2.57 bits per heavy atom. The van der Waals surface area contributed by atoms with E-state index < -0.39 is 23.7 Å². The Bertz CT molecular complexity index is 542. The standard InChI is InChI=1S/C14H17BrClNO4/c1-14(2,3)21-13(20)17-11(12(18)19)7-8-6-9(16)4-5-10(8)15/h4-6,11H,7H2,1-3H3,(H,17,20)(H,18,19)/t11-/m0/s1. The maximum Gasteiger partial charge on any atom is 0.408 e. The van der Waals surface area contributed by atoms with E-state index in [-0.39, 0.29) is 6.42 Å². The van der Waals surface area contributed by atoms with Gasteiger partial charge in [0.25, 0.3) is 0 Å². The second kappa shape index (κ2) is 7.13. The van der Waals surface area contributed by atoms with Gasteiger partial charge in [-0.1, -0.05) is 27.5 Å². The minimum atomic E-state index is -1.15. The summed E-state index contributed by atoms with van der Waals surface area (Å²) in [5.74, 6) is -1.15. The van der Waals surface area contributed by atoms with Gasteiger partial charge in [0, 0.05) is 15.9 Å². The summed E-state index contributed by atoms with van der Waals surface area (Å²) in [6.45, 7) is 5.11. The van der Waals surface area contributed by atoms with E-state index >= 15 is 0 Å². The number of aliphatic carboxylic acids is 1. The lowest BCUT2D eigenvalue weighted by molar-refractivity contribution is -0.139. The van der Waals surface area contributed by atoms with Gasteiger partial charge in [-0.2, -0.15) is 0 Å². The van der Waals surface area contributed by atoms with Crippen LogP contribution in [0.5, 0.6) is 0 Å². The molecule has 0 saturated carbocycles. The van der Waals surface area contributed by atoms with Gasteiger partial charge in [0.05, 0.1) is 0 Å². The molecule has 0 fully saturated rings. The molecule has 1 rings (SSSR count). The number of carbonyl (C=O) groups excluding carboxylic acids is 1. The molecule has 0 bridgehead atoms. The largest absolute Gasteiger partial charge is 0.480 e. The third-order valence-electron chi connectivity index (χ3n) is 2.42. The summed E-state index contributed by atoms with van der Waals surface area (Å²) in [5, 5.41) is 12.1. The van der Waals surface area contributed by atoms with Crippen LogP contribution in [0, 0.1) is 0 Å². The van der Waals surface area contributed by atoms with Crippen LogP contribution in [0.3, 0.4) is 0 Å². The fraction of sp³-hybridized carbons (Fsp3) is 0.429. The van der Waals surface area contributed by atoms with E-state index in [1.807, 2.05) is 0 Å². The van der Waals surface area contributed by atoms with Crippen LogP contribution in [0.25, 0.3) is 0 Å². The van der Waals surface area contributed by atoms with Crippen molar-refractivity contribution in [1.29, 1.82) is 0 Å². The average Bonchev–Trinajstić information content (AvgIpc) is 2.30. The molecule has 1 atom stereocenters. The second-order valence-corrected chi connectivity index (χ2v) is 6.77. The summed E-state index contributed by atoms with van der Waals surface area (Å²) in [5.41, 5.74) is -0.00463. The van der Waals surface area contributed by atoms with Crippen LogP contribution in [0.2, 0.25) is 5.02 Å². The number of carboxylic acid groups (broad SMARTS) is 1. The quantitative estimate of drug-likeness (QED) is 0.839. The van der Waals surface area contributed by atoms with E-state index in [0.717, 1.165) is 4.47 Å². The molecule has 0 aromatic heterocycles. The molecule has 5 nitrogen and oxygen atoms in total. The van der Waals surface area contributed by atoms with Crippen molar-refractivity contribution in [2.24, 2.45) is 0 Å². The average molecular weight is 379 g/mol. The molecule has 0 unspecified atom stereocenters. The molecule has 0 saturated heterocycles. The number of halogens is 2. The first-order chi connectivity index (χ1) is 9.58. The number of amides is 1. The molecule has 7 heteroatoms. The monoisotopic (exact) mass is 377 g/mol. The zero-order valence-corrected chi connectivity index (χ0v) is 14.3. The molecule has 1 aromatic rings. The first-order valence-electron chi connectivity index (χ1n) is 6.25. The fourth-order valence-corrected chi connectivity index (χ4v) is 2.17. The van der Waals surface area contributed by atoms with Gasteiger partial charge >= 0.3 is 12.1 Å². The summed E-state index contributed by atoms with van der Waals surface area (Å²) >= 11 is 9.22. The van der Waals surface area contributed by atoms with E-state index in [1.165, 1.54) is 0 Å². The molecular formula is C14H17BrClNO4. The Kier molecular flexibility index (Phi) is 6.04. The predicted molar refractivity (Wildman–Crippen MR) is 83.6 cm³/mol. The van der Waals surface area contributed by atoms with Crippen LogP contribution in [0.4, 0.5) is 4.79 Å². The Hall–Kier alpha value is -1.27. The third-order valence-corrected chi connectivity index (χ3v) is 3.43. The van der Waals surface area contributed by atoms with Crippen LogP contribution in [0.15, 0.2) is 22.7 Å². The summed E-state index contributed by atoms with van der Waals surface area (Å²) in [4.78, 5) is 23.0. The minimum Gasteiger partial charge on any atom is -0.480 e. The maximum atomic E-state index is 11.7. The minimum absolute atomic E-state index is 0.0930. The predicted octanol–water partition coefficient (Wildman–Crippen LogP) is 3.62. The second-order valence-electron chi connectivity index (χ2n) is 5.48. The number of ether oxygens (including phenoxy) is 1. The summed E-state index contributed by atoms with van der Waals surface area (Å²) < 4.78 is 5.78. The summed E-state index contributed by atoms with van der Waals surface area (Å²) in [6.07, 6.45) is -0.677. The Labute approximate surface area is 136 Å². The third kappa shape index (κ3) is 6.35. The highest BCUT2D eigenvalue weighted by Gasteiger charge is 2.24. The van der Waals surface area contributed by atoms with Gasteiger partial charge in [0.15, 0.2) is 0 Å². The molecular weight excluding hydrogens is 362 g/mol. The number of rotatable bonds is 4. The summed E-state index contributed by atoms with van der Waals surface area (Å²) in [7, 11) is 0. The van der Waals surface area contributed by atoms with Crippen molar-refractivity contribution in [3.63, 3.8) is 0 Å². The van der Waals surface area contributed by atoms with Gasteiger partial charge in [-0.25, -0.2) is 9.59 Å². The van der Waals surface area contributed by atoms with Crippen LogP contribution >= 0.6 is 27.5 Å². The van der Waals surface area contributed by atoms with Gasteiger partial charge in [-0.15, -0.1) is 0 Å². The van der Waals surface area contributed by atoms with Crippen molar-refractivity contribution in [2.45, 2.75) is 38.8 Å². The van der Waals surface area contributed by atoms with Crippen LogP contribution in [-0.2, 0) is 16.0 Å². The molecule has 1 aromatic carbocycles. The van der Waals surface area contributed by atoms with Crippen molar-refractivity contribution >= 4 is 39.6 Å². The van der Waals surface area contributed by atoms with Crippen molar-refractivity contribution in [3.05, 3.63) is 33.3 Å². The molecule has 2 N–H and O–H groups in total. The first kappa shape index (κ1) is 17.8. The zero-order valence-electron chi connectivity index (χ0n) is 11.9. The lowest BCUT2D eigenvalue weighted by atomic mass is 10.1. The van der Waals surface area contributed by atoms with Gasteiger partial charge in [-0.3, -0.25) is 0 Å². The fourth-order valence-electron chi connectivity index (χ4n) is 1.57. The molecule has 0 aliphatic heterocycles. The smallest absolute Gasteiger partial charge is 0.408 e. The molecule has 0 spiro atoms. The van der Waals surface area contributed by atoms with Crippen molar-refractivity contribution in [3.8, 4) is 0 Å². The van der Waals surface area contributed by atoms with Crippen molar-refractivity contribution < 1.29 is 19.4 Å². The van der Waals surface area contributed by atoms with Gasteiger partial charge in [0.1, 0.15) is 11.6 Å². The van der Waals surface area contributed by atoms with Gasteiger partial charge in [0.2, 0.25) is 0 Å².